The quantitative estimate of drug-likeness (QED) is 0.770. The molecule has 0 bridgehead atoms. The van der Waals surface area contributed by atoms with Crippen LogP contribution in [0.2, 0.25) is 0 Å². The molecule has 0 fully saturated rings. The molecule has 1 aromatic rings. The van der Waals surface area contributed by atoms with Gasteiger partial charge in [0.2, 0.25) is 5.91 Å². The van der Waals surface area contributed by atoms with Gasteiger partial charge in [0.15, 0.2) is 9.84 Å². The van der Waals surface area contributed by atoms with Crippen molar-refractivity contribution in [1.29, 1.82) is 0 Å². The second-order valence-corrected chi connectivity index (χ2v) is 6.97. The zero-order valence-corrected chi connectivity index (χ0v) is 12.6. The molecule has 1 aromatic carbocycles. The van der Waals surface area contributed by atoms with Gasteiger partial charge in [-0.2, -0.15) is 0 Å². The maximum atomic E-state index is 12.1. The van der Waals surface area contributed by atoms with Crippen LogP contribution in [0.3, 0.4) is 0 Å². The van der Waals surface area contributed by atoms with Gasteiger partial charge in [-0.1, -0.05) is 37.3 Å². The van der Waals surface area contributed by atoms with E-state index in [1.165, 1.54) is 0 Å². The zero-order chi connectivity index (χ0) is 15.0. The lowest BCUT2D eigenvalue weighted by molar-refractivity contribution is -0.129. The normalized spacial score (nSPS) is 11.3. The summed E-state index contributed by atoms with van der Waals surface area (Å²) < 4.78 is 23.1. The molecule has 0 radical (unpaired) electrons. The summed E-state index contributed by atoms with van der Waals surface area (Å²) in [6.45, 7) is 2.91. The molecule has 0 saturated carbocycles. The predicted molar refractivity (Wildman–Crippen MR) is 79.9 cm³/mol. The molecular formula is C14H22N2O3S. The molecule has 6 heteroatoms. The van der Waals surface area contributed by atoms with Crippen molar-refractivity contribution < 1.29 is 13.2 Å². The summed E-state index contributed by atoms with van der Waals surface area (Å²) >= 11 is 0. The summed E-state index contributed by atoms with van der Waals surface area (Å²) in [5, 5.41) is 0. The molecule has 0 spiro atoms. The summed E-state index contributed by atoms with van der Waals surface area (Å²) in [6.07, 6.45) is 0.657. The van der Waals surface area contributed by atoms with Crippen molar-refractivity contribution in [3.05, 3.63) is 35.9 Å². The van der Waals surface area contributed by atoms with E-state index in [9.17, 15) is 13.2 Å². The van der Waals surface area contributed by atoms with E-state index in [2.05, 4.69) is 0 Å². The van der Waals surface area contributed by atoms with Crippen molar-refractivity contribution >= 4 is 15.7 Å². The standard InChI is InChI=1S/C14H22N2O3S/c1-2-20(18,19)12-14(17)16(10-6-9-15)11-13-7-4-3-5-8-13/h3-5,7-8H,2,6,9-12,15H2,1H3. The van der Waals surface area contributed by atoms with Crippen LogP contribution in [0.15, 0.2) is 30.3 Å². The van der Waals surface area contributed by atoms with E-state index in [0.29, 0.717) is 26.1 Å². The van der Waals surface area contributed by atoms with Crippen molar-refractivity contribution in [3.8, 4) is 0 Å². The van der Waals surface area contributed by atoms with Gasteiger partial charge in [0.05, 0.1) is 0 Å². The predicted octanol–water partition coefficient (Wildman–Crippen LogP) is 0.799. The zero-order valence-electron chi connectivity index (χ0n) is 11.8. The fraction of sp³-hybridized carbons (Fsp3) is 0.500. The van der Waals surface area contributed by atoms with Gasteiger partial charge in [-0.15, -0.1) is 0 Å². The minimum absolute atomic E-state index is 0.0190. The molecule has 0 heterocycles. The van der Waals surface area contributed by atoms with Gasteiger partial charge in [0, 0.05) is 18.8 Å². The number of rotatable bonds is 8. The lowest BCUT2D eigenvalue weighted by Crippen LogP contribution is -2.37. The molecule has 0 unspecified atom stereocenters. The molecule has 0 aliphatic carbocycles. The third-order valence-corrected chi connectivity index (χ3v) is 4.55. The van der Waals surface area contributed by atoms with Crippen molar-refractivity contribution in [3.63, 3.8) is 0 Å². The van der Waals surface area contributed by atoms with Crippen molar-refractivity contribution in [2.45, 2.75) is 19.9 Å². The summed E-state index contributed by atoms with van der Waals surface area (Å²) in [5.41, 5.74) is 6.45. The maximum absolute atomic E-state index is 12.1. The van der Waals surface area contributed by atoms with E-state index in [0.717, 1.165) is 5.56 Å². The molecular weight excluding hydrogens is 276 g/mol. The average molecular weight is 298 g/mol. The van der Waals surface area contributed by atoms with E-state index in [4.69, 9.17) is 5.73 Å². The van der Waals surface area contributed by atoms with Gasteiger partial charge in [-0.25, -0.2) is 8.42 Å². The maximum Gasteiger partial charge on any atom is 0.238 e. The molecule has 5 nitrogen and oxygen atoms in total. The summed E-state index contributed by atoms with van der Waals surface area (Å²) in [7, 11) is -3.30. The van der Waals surface area contributed by atoms with Gasteiger partial charge in [-0.3, -0.25) is 4.79 Å². The summed E-state index contributed by atoms with van der Waals surface area (Å²) in [5.74, 6) is -0.806. The number of nitrogens with zero attached hydrogens (tertiary/aromatic N) is 1. The first-order valence-electron chi connectivity index (χ1n) is 6.70. The van der Waals surface area contributed by atoms with E-state index in [1.54, 1.807) is 11.8 Å². The van der Waals surface area contributed by atoms with Crippen LogP contribution in [-0.2, 0) is 21.2 Å². The molecule has 0 saturated heterocycles. The highest BCUT2D eigenvalue weighted by Gasteiger charge is 2.20. The third kappa shape index (κ3) is 5.71. The molecule has 112 valence electrons. The first-order chi connectivity index (χ1) is 9.48. The fourth-order valence-corrected chi connectivity index (χ4v) is 2.52. The van der Waals surface area contributed by atoms with E-state index in [-0.39, 0.29) is 11.7 Å². The van der Waals surface area contributed by atoms with Crippen LogP contribution in [0.4, 0.5) is 0 Å². The Labute approximate surface area is 120 Å². The minimum Gasteiger partial charge on any atom is -0.337 e. The first kappa shape index (κ1) is 16.7. The highest BCUT2D eigenvalue weighted by Crippen LogP contribution is 2.07. The van der Waals surface area contributed by atoms with Crippen LogP contribution in [0.1, 0.15) is 18.9 Å². The molecule has 20 heavy (non-hydrogen) atoms. The van der Waals surface area contributed by atoms with E-state index >= 15 is 0 Å². The largest absolute Gasteiger partial charge is 0.337 e. The van der Waals surface area contributed by atoms with Crippen LogP contribution in [0, 0.1) is 0 Å². The Morgan fingerprint density at radius 2 is 1.90 bits per heavy atom. The molecule has 0 atom stereocenters. The molecule has 0 aliphatic heterocycles. The highest BCUT2D eigenvalue weighted by atomic mass is 32.2. The number of hydrogen-bond donors (Lipinski definition) is 1. The van der Waals surface area contributed by atoms with Crippen LogP contribution < -0.4 is 5.73 Å². The Morgan fingerprint density at radius 1 is 1.25 bits per heavy atom. The first-order valence-corrected chi connectivity index (χ1v) is 8.53. The van der Waals surface area contributed by atoms with E-state index < -0.39 is 15.6 Å². The van der Waals surface area contributed by atoms with Crippen LogP contribution >= 0.6 is 0 Å². The number of carbonyl (C=O) groups is 1. The van der Waals surface area contributed by atoms with Gasteiger partial charge in [0.25, 0.3) is 0 Å². The van der Waals surface area contributed by atoms with Crippen molar-refractivity contribution in [2.75, 3.05) is 24.6 Å². The topological polar surface area (TPSA) is 80.5 Å². The Morgan fingerprint density at radius 3 is 2.45 bits per heavy atom. The van der Waals surface area contributed by atoms with Crippen LogP contribution in [0.25, 0.3) is 0 Å². The van der Waals surface area contributed by atoms with Crippen molar-refractivity contribution in [2.24, 2.45) is 5.73 Å². The highest BCUT2D eigenvalue weighted by molar-refractivity contribution is 7.92. The van der Waals surface area contributed by atoms with Crippen LogP contribution in [-0.4, -0.2) is 43.8 Å². The molecule has 2 N–H and O–H groups in total. The van der Waals surface area contributed by atoms with Gasteiger partial charge in [0.1, 0.15) is 5.75 Å². The average Bonchev–Trinajstić information content (AvgIpc) is 2.44. The van der Waals surface area contributed by atoms with Gasteiger partial charge < -0.3 is 10.6 Å². The minimum atomic E-state index is -3.30. The monoisotopic (exact) mass is 298 g/mol. The molecule has 0 aromatic heterocycles. The van der Waals surface area contributed by atoms with E-state index in [1.807, 2.05) is 30.3 Å². The molecule has 1 rings (SSSR count). The lowest BCUT2D eigenvalue weighted by Gasteiger charge is -2.22. The SMILES string of the molecule is CCS(=O)(=O)CC(=O)N(CCCN)Cc1ccccc1. The number of sulfone groups is 1. The Hall–Kier alpha value is -1.40. The Bertz CT molecular complexity index is 514. The molecule has 0 aliphatic rings. The van der Waals surface area contributed by atoms with Gasteiger partial charge in [-0.05, 0) is 18.5 Å². The van der Waals surface area contributed by atoms with Crippen molar-refractivity contribution in [1.82, 2.24) is 4.90 Å². The number of benzene rings is 1. The number of amides is 1. The number of hydrogen-bond acceptors (Lipinski definition) is 4. The summed E-state index contributed by atoms with van der Waals surface area (Å²) in [4.78, 5) is 13.7. The smallest absolute Gasteiger partial charge is 0.238 e. The Kier molecular flexibility index (Phi) is 6.67. The fourth-order valence-electron chi connectivity index (χ4n) is 1.76. The lowest BCUT2D eigenvalue weighted by atomic mass is 10.2. The van der Waals surface area contributed by atoms with Gasteiger partial charge >= 0.3 is 0 Å². The second kappa shape index (κ2) is 8.01. The van der Waals surface area contributed by atoms with Crippen LogP contribution in [0.5, 0.6) is 0 Å². The summed E-state index contributed by atoms with van der Waals surface area (Å²) in [6, 6.07) is 9.51. The molecule has 1 amide bonds. The Balaban J connectivity index is 2.75. The second-order valence-electron chi connectivity index (χ2n) is 4.62. The number of carbonyl (C=O) groups excluding carboxylic acids is 1. The third-order valence-electron chi connectivity index (χ3n) is 2.98. The number of nitrogens with two attached hydrogens (primary N) is 1.